The first-order chi connectivity index (χ1) is 9.41. The van der Waals surface area contributed by atoms with E-state index in [1.54, 1.807) is 12.1 Å². The Morgan fingerprint density at radius 3 is 2.40 bits per heavy atom. The number of alkyl halides is 3. The molecule has 0 saturated heterocycles. The number of hydrogen-bond donors (Lipinski definition) is 1. The van der Waals surface area contributed by atoms with Gasteiger partial charge in [-0.15, -0.1) is 0 Å². The van der Waals surface area contributed by atoms with Crippen molar-refractivity contribution in [2.45, 2.75) is 12.7 Å². The molecule has 0 atom stereocenters. The van der Waals surface area contributed by atoms with Gasteiger partial charge in [-0.05, 0) is 52.4 Å². The Hall–Kier alpha value is -1.28. The molecule has 0 aliphatic carbocycles. The quantitative estimate of drug-likeness (QED) is 0.777. The van der Waals surface area contributed by atoms with Crippen LogP contribution in [0.5, 0.6) is 11.5 Å². The molecule has 2 aromatic rings. The summed E-state index contributed by atoms with van der Waals surface area (Å²) in [6, 6.07) is 10.9. The maximum Gasteiger partial charge on any atom is 0.416 e. The Morgan fingerprint density at radius 1 is 1.10 bits per heavy atom. The second-order valence-electron chi connectivity index (χ2n) is 4.05. The lowest BCUT2D eigenvalue weighted by Gasteiger charge is -2.14. The van der Waals surface area contributed by atoms with Crippen LogP contribution in [-0.4, -0.2) is 0 Å². The SMILES string of the molecule is NCc1ccc(Oc2ccccc2I)cc1C(F)(F)F. The predicted octanol–water partition coefficient (Wildman–Crippen LogP) is 4.56. The van der Waals surface area contributed by atoms with Crippen molar-refractivity contribution >= 4 is 22.6 Å². The molecule has 2 aromatic carbocycles. The molecule has 0 aliphatic rings. The van der Waals surface area contributed by atoms with E-state index in [0.29, 0.717) is 5.75 Å². The van der Waals surface area contributed by atoms with Crippen molar-refractivity contribution in [3.63, 3.8) is 0 Å². The molecule has 0 heterocycles. The largest absolute Gasteiger partial charge is 0.456 e. The summed E-state index contributed by atoms with van der Waals surface area (Å²) in [5.41, 5.74) is 4.62. The van der Waals surface area contributed by atoms with E-state index in [0.717, 1.165) is 9.64 Å². The maximum absolute atomic E-state index is 12.9. The van der Waals surface area contributed by atoms with Gasteiger partial charge in [0, 0.05) is 6.54 Å². The Morgan fingerprint density at radius 2 is 1.80 bits per heavy atom. The third-order valence-corrected chi connectivity index (χ3v) is 3.56. The standard InChI is InChI=1S/C14H11F3INO/c15-14(16,17)11-7-10(6-5-9(11)8-19)20-13-4-2-1-3-12(13)18/h1-7H,8,19H2. The zero-order valence-electron chi connectivity index (χ0n) is 10.2. The third kappa shape index (κ3) is 3.43. The maximum atomic E-state index is 12.9. The van der Waals surface area contributed by atoms with Crippen molar-refractivity contribution in [1.29, 1.82) is 0 Å². The van der Waals surface area contributed by atoms with Crippen molar-refractivity contribution in [1.82, 2.24) is 0 Å². The molecule has 2 rings (SSSR count). The van der Waals surface area contributed by atoms with Gasteiger partial charge in [0.25, 0.3) is 0 Å². The van der Waals surface area contributed by atoms with Crippen molar-refractivity contribution in [3.05, 3.63) is 57.2 Å². The Labute approximate surface area is 127 Å². The van der Waals surface area contributed by atoms with Crippen LogP contribution in [0.2, 0.25) is 0 Å². The lowest BCUT2D eigenvalue weighted by atomic mass is 10.1. The fraction of sp³-hybridized carbons (Fsp3) is 0.143. The minimum absolute atomic E-state index is 0.0487. The van der Waals surface area contributed by atoms with Crippen molar-refractivity contribution in [2.75, 3.05) is 0 Å². The molecule has 20 heavy (non-hydrogen) atoms. The molecule has 2 N–H and O–H groups in total. The minimum Gasteiger partial charge on any atom is -0.456 e. The van der Waals surface area contributed by atoms with Crippen LogP contribution < -0.4 is 10.5 Å². The topological polar surface area (TPSA) is 35.2 Å². The molecule has 0 fully saturated rings. The summed E-state index contributed by atoms with van der Waals surface area (Å²) >= 11 is 2.06. The van der Waals surface area contributed by atoms with E-state index in [-0.39, 0.29) is 17.9 Å². The highest BCUT2D eigenvalue weighted by Crippen LogP contribution is 2.36. The van der Waals surface area contributed by atoms with Crippen molar-refractivity contribution in [2.24, 2.45) is 5.73 Å². The average Bonchev–Trinajstić information content (AvgIpc) is 2.40. The first-order valence-corrected chi connectivity index (χ1v) is 6.82. The van der Waals surface area contributed by atoms with Gasteiger partial charge in [0.05, 0.1) is 9.13 Å². The summed E-state index contributed by atoms with van der Waals surface area (Å²) in [5, 5.41) is 0. The highest BCUT2D eigenvalue weighted by molar-refractivity contribution is 14.1. The number of para-hydroxylation sites is 1. The van der Waals surface area contributed by atoms with E-state index in [9.17, 15) is 13.2 Å². The second-order valence-corrected chi connectivity index (χ2v) is 5.22. The number of rotatable bonds is 3. The Bertz CT molecular complexity index is 614. The van der Waals surface area contributed by atoms with Crippen LogP contribution in [0.4, 0.5) is 13.2 Å². The first kappa shape index (κ1) is 15.1. The summed E-state index contributed by atoms with van der Waals surface area (Å²) in [6.45, 7) is -0.169. The van der Waals surface area contributed by atoms with E-state index in [1.165, 1.54) is 12.1 Å². The smallest absolute Gasteiger partial charge is 0.416 e. The lowest BCUT2D eigenvalue weighted by Crippen LogP contribution is -2.12. The molecular weight excluding hydrogens is 382 g/mol. The van der Waals surface area contributed by atoms with E-state index in [1.807, 2.05) is 12.1 Å². The van der Waals surface area contributed by atoms with E-state index in [2.05, 4.69) is 22.6 Å². The highest BCUT2D eigenvalue weighted by Gasteiger charge is 2.33. The zero-order chi connectivity index (χ0) is 14.8. The van der Waals surface area contributed by atoms with Gasteiger partial charge < -0.3 is 10.5 Å². The fourth-order valence-electron chi connectivity index (χ4n) is 1.72. The van der Waals surface area contributed by atoms with Gasteiger partial charge in [-0.3, -0.25) is 0 Å². The number of ether oxygens (including phenoxy) is 1. The Balaban J connectivity index is 2.37. The summed E-state index contributed by atoms with van der Waals surface area (Å²) in [4.78, 5) is 0. The number of halogens is 4. The molecule has 0 unspecified atom stereocenters. The average molecular weight is 393 g/mol. The summed E-state index contributed by atoms with van der Waals surface area (Å²) in [6.07, 6.45) is -4.45. The number of benzene rings is 2. The third-order valence-electron chi connectivity index (χ3n) is 2.67. The second kappa shape index (κ2) is 6.01. The van der Waals surface area contributed by atoms with Crippen LogP contribution in [-0.2, 0) is 12.7 Å². The monoisotopic (exact) mass is 393 g/mol. The van der Waals surface area contributed by atoms with E-state index in [4.69, 9.17) is 10.5 Å². The molecule has 106 valence electrons. The van der Waals surface area contributed by atoms with E-state index >= 15 is 0 Å². The van der Waals surface area contributed by atoms with Crippen LogP contribution in [0.3, 0.4) is 0 Å². The van der Waals surface area contributed by atoms with Gasteiger partial charge in [0.2, 0.25) is 0 Å². The van der Waals surface area contributed by atoms with Gasteiger partial charge in [0.15, 0.2) is 0 Å². The van der Waals surface area contributed by atoms with Gasteiger partial charge in [0.1, 0.15) is 11.5 Å². The van der Waals surface area contributed by atoms with Gasteiger partial charge in [-0.25, -0.2) is 0 Å². The van der Waals surface area contributed by atoms with Crippen LogP contribution in [0.1, 0.15) is 11.1 Å². The minimum atomic E-state index is -4.45. The van der Waals surface area contributed by atoms with Crippen LogP contribution in [0.25, 0.3) is 0 Å². The molecule has 0 aromatic heterocycles. The van der Waals surface area contributed by atoms with Crippen LogP contribution >= 0.6 is 22.6 Å². The normalized spacial score (nSPS) is 11.4. The Kier molecular flexibility index (Phi) is 4.54. The summed E-state index contributed by atoms with van der Waals surface area (Å²) in [7, 11) is 0. The van der Waals surface area contributed by atoms with Gasteiger partial charge >= 0.3 is 6.18 Å². The summed E-state index contributed by atoms with van der Waals surface area (Å²) in [5.74, 6) is 0.653. The molecule has 0 spiro atoms. The molecule has 0 bridgehead atoms. The van der Waals surface area contributed by atoms with Gasteiger partial charge in [-0.1, -0.05) is 18.2 Å². The highest BCUT2D eigenvalue weighted by atomic mass is 127. The fourth-order valence-corrected chi connectivity index (χ4v) is 2.21. The zero-order valence-corrected chi connectivity index (χ0v) is 12.4. The van der Waals surface area contributed by atoms with Crippen molar-refractivity contribution in [3.8, 4) is 11.5 Å². The van der Waals surface area contributed by atoms with Crippen LogP contribution in [0, 0.1) is 3.57 Å². The molecule has 0 saturated carbocycles. The molecule has 6 heteroatoms. The molecule has 0 aliphatic heterocycles. The number of nitrogens with two attached hydrogens (primary N) is 1. The molecule has 2 nitrogen and oxygen atoms in total. The predicted molar refractivity (Wildman–Crippen MR) is 78.6 cm³/mol. The van der Waals surface area contributed by atoms with Gasteiger partial charge in [-0.2, -0.15) is 13.2 Å². The van der Waals surface area contributed by atoms with Crippen LogP contribution in [0.15, 0.2) is 42.5 Å². The molecule has 0 radical (unpaired) electrons. The molecular formula is C14H11F3INO. The van der Waals surface area contributed by atoms with Crippen molar-refractivity contribution < 1.29 is 17.9 Å². The summed E-state index contributed by atoms with van der Waals surface area (Å²) < 4.78 is 45.1. The molecule has 0 amide bonds. The first-order valence-electron chi connectivity index (χ1n) is 5.74. The van der Waals surface area contributed by atoms with E-state index < -0.39 is 11.7 Å². The number of hydrogen-bond acceptors (Lipinski definition) is 2. The lowest BCUT2D eigenvalue weighted by molar-refractivity contribution is -0.138.